The maximum atomic E-state index is 9.13. The minimum atomic E-state index is -0.00374. The van der Waals surface area contributed by atoms with Gasteiger partial charge in [-0.15, -0.1) is 6.58 Å². The Morgan fingerprint density at radius 2 is 2.27 bits per heavy atom. The zero-order valence-electron chi connectivity index (χ0n) is 8.58. The number of aliphatic hydroxyl groups is 1. The number of unbranched alkanes of at least 4 members (excludes halogenated alkanes) is 1. The Kier molecular flexibility index (Phi) is 5.43. The number of ether oxygens (including phenoxy) is 1. The molecule has 0 aliphatic rings. The van der Waals surface area contributed by atoms with Gasteiger partial charge in [0.1, 0.15) is 5.75 Å². The maximum Gasteiger partial charge on any atom is 0.124 e. The molecule has 0 spiro atoms. The Bertz CT molecular complexity index is 323. The molecule has 82 valence electrons. The van der Waals surface area contributed by atoms with Gasteiger partial charge in [0.15, 0.2) is 0 Å². The monoisotopic (exact) mass is 270 g/mol. The molecule has 0 aliphatic heterocycles. The summed E-state index contributed by atoms with van der Waals surface area (Å²) in [5.74, 6) is 0.754. The van der Waals surface area contributed by atoms with E-state index in [1.807, 2.05) is 24.3 Å². The summed E-state index contributed by atoms with van der Waals surface area (Å²) in [4.78, 5) is 0. The van der Waals surface area contributed by atoms with Crippen molar-refractivity contribution in [2.75, 3.05) is 6.61 Å². The summed E-state index contributed by atoms with van der Waals surface area (Å²) >= 11 is 3.35. The predicted octanol–water partition coefficient (Wildman–Crippen LogP) is 3.29. The van der Waals surface area contributed by atoms with Gasteiger partial charge in [0.25, 0.3) is 0 Å². The summed E-state index contributed by atoms with van der Waals surface area (Å²) in [5.41, 5.74) is 0.808. The van der Waals surface area contributed by atoms with E-state index in [-0.39, 0.29) is 6.61 Å². The number of rotatable bonds is 6. The minimum Gasteiger partial charge on any atom is -0.493 e. The van der Waals surface area contributed by atoms with E-state index in [0.717, 1.165) is 28.6 Å². The first kappa shape index (κ1) is 12.3. The molecule has 0 amide bonds. The lowest BCUT2D eigenvalue weighted by molar-refractivity contribution is 0.261. The molecule has 0 aromatic heterocycles. The van der Waals surface area contributed by atoms with Crippen molar-refractivity contribution < 1.29 is 9.84 Å². The molecular weight excluding hydrogens is 256 g/mol. The van der Waals surface area contributed by atoms with E-state index in [4.69, 9.17) is 9.84 Å². The van der Waals surface area contributed by atoms with Gasteiger partial charge in [0, 0.05) is 10.0 Å². The third-order valence-electron chi connectivity index (χ3n) is 2.00. The highest BCUT2D eigenvalue weighted by Gasteiger charge is 2.02. The summed E-state index contributed by atoms with van der Waals surface area (Å²) in [6, 6.07) is 5.63. The molecule has 0 aliphatic carbocycles. The SMILES string of the molecule is C=CCCCOc1ccc(Br)cc1CO. The van der Waals surface area contributed by atoms with E-state index in [9.17, 15) is 0 Å². The van der Waals surface area contributed by atoms with Crippen LogP contribution >= 0.6 is 15.9 Å². The standard InChI is InChI=1S/C12H15BrO2/c1-2-3-4-7-15-12-6-5-11(13)8-10(12)9-14/h2,5-6,8,14H,1,3-4,7,9H2. The molecule has 0 radical (unpaired) electrons. The average molecular weight is 271 g/mol. The number of halogens is 1. The first-order valence-electron chi connectivity index (χ1n) is 4.91. The average Bonchev–Trinajstić information content (AvgIpc) is 2.26. The van der Waals surface area contributed by atoms with Crippen LogP contribution in [0.3, 0.4) is 0 Å². The molecule has 0 fully saturated rings. The normalized spacial score (nSPS) is 10.0. The van der Waals surface area contributed by atoms with E-state index in [1.165, 1.54) is 0 Å². The van der Waals surface area contributed by atoms with E-state index in [0.29, 0.717) is 6.61 Å². The van der Waals surface area contributed by atoms with Crippen LogP contribution in [0.25, 0.3) is 0 Å². The molecule has 0 saturated heterocycles. The van der Waals surface area contributed by atoms with Gasteiger partial charge in [-0.25, -0.2) is 0 Å². The lowest BCUT2D eigenvalue weighted by atomic mass is 10.2. The minimum absolute atomic E-state index is 0.00374. The fourth-order valence-corrected chi connectivity index (χ4v) is 1.63. The molecule has 1 rings (SSSR count). The highest BCUT2D eigenvalue weighted by atomic mass is 79.9. The molecule has 15 heavy (non-hydrogen) atoms. The second-order valence-corrected chi connectivity index (χ2v) is 4.11. The van der Waals surface area contributed by atoms with Crippen molar-refractivity contribution in [1.29, 1.82) is 0 Å². The second kappa shape index (κ2) is 6.64. The molecule has 1 N–H and O–H groups in total. The Morgan fingerprint density at radius 1 is 1.47 bits per heavy atom. The molecule has 0 heterocycles. The predicted molar refractivity (Wildman–Crippen MR) is 65.0 cm³/mol. The number of hydrogen-bond donors (Lipinski definition) is 1. The Hall–Kier alpha value is -0.800. The quantitative estimate of drug-likeness (QED) is 0.635. The van der Waals surface area contributed by atoms with Crippen molar-refractivity contribution in [2.24, 2.45) is 0 Å². The van der Waals surface area contributed by atoms with Gasteiger partial charge in [-0.05, 0) is 31.0 Å². The molecule has 1 aromatic carbocycles. The molecule has 0 atom stereocenters. The fourth-order valence-electron chi connectivity index (χ4n) is 1.22. The Balaban J connectivity index is 2.55. The Morgan fingerprint density at radius 3 is 2.93 bits per heavy atom. The van der Waals surface area contributed by atoms with Crippen LogP contribution in [0.1, 0.15) is 18.4 Å². The fraction of sp³-hybridized carbons (Fsp3) is 0.333. The molecule has 3 heteroatoms. The van der Waals surface area contributed by atoms with E-state index < -0.39 is 0 Å². The maximum absolute atomic E-state index is 9.13. The van der Waals surface area contributed by atoms with Crippen LogP contribution in [-0.2, 0) is 6.61 Å². The van der Waals surface area contributed by atoms with E-state index in [2.05, 4.69) is 22.5 Å². The summed E-state index contributed by atoms with van der Waals surface area (Å²) in [5, 5.41) is 9.13. The topological polar surface area (TPSA) is 29.5 Å². The van der Waals surface area contributed by atoms with Crippen molar-refractivity contribution in [1.82, 2.24) is 0 Å². The molecule has 2 nitrogen and oxygen atoms in total. The first-order valence-corrected chi connectivity index (χ1v) is 5.70. The number of hydrogen-bond acceptors (Lipinski definition) is 2. The van der Waals surface area contributed by atoms with Crippen molar-refractivity contribution in [3.05, 3.63) is 40.9 Å². The highest BCUT2D eigenvalue weighted by Crippen LogP contribution is 2.23. The highest BCUT2D eigenvalue weighted by molar-refractivity contribution is 9.10. The van der Waals surface area contributed by atoms with Crippen LogP contribution < -0.4 is 4.74 Å². The molecule has 0 unspecified atom stereocenters. The van der Waals surface area contributed by atoms with Crippen LogP contribution in [0.2, 0.25) is 0 Å². The van der Waals surface area contributed by atoms with Gasteiger partial charge in [-0.3, -0.25) is 0 Å². The third-order valence-corrected chi connectivity index (χ3v) is 2.50. The van der Waals surface area contributed by atoms with Crippen molar-refractivity contribution in [3.63, 3.8) is 0 Å². The summed E-state index contributed by atoms with van der Waals surface area (Å²) in [6.07, 6.45) is 3.77. The summed E-state index contributed by atoms with van der Waals surface area (Å²) in [6.45, 7) is 4.30. The van der Waals surface area contributed by atoms with Crippen LogP contribution in [0.5, 0.6) is 5.75 Å². The summed E-state index contributed by atoms with van der Waals surface area (Å²) in [7, 11) is 0. The smallest absolute Gasteiger partial charge is 0.124 e. The number of benzene rings is 1. The van der Waals surface area contributed by atoms with Gasteiger partial charge < -0.3 is 9.84 Å². The Labute approximate surface area is 98.7 Å². The van der Waals surface area contributed by atoms with E-state index in [1.54, 1.807) is 0 Å². The van der Waals surface area contributed by atoms with Gasteiger partial charge in [-0.2, -0.15) is 0 Å². The van der Waals surface area contributed by atoms with Crippen molar-refractivity contribution >= 4 is 15.9 Å². The van der Waals surface area contributed by atoms with Crippen LogP contribution in [0.4, 0.5) is 0 Å². The summed E-state index contributed by atoms with van der Waals surface area (Å²) < 4.78 is 6.51. The second-order valence-electron chi connectivity index (χ2n) is 3.19. The van der Waals surface area contributed by atoms with Crippen molar-refractivity contribution in [2.45, 2.75) is 19.4 Å². The van der Waals surface area contributed by atoms with Crippen LogP contribution in [0, 0.1) is 0 Å². The molecular formula is C12H15BrO2. The first-order chi connectivity index (χ1) is 7.27. The zero-order valence-corrected chi connectivity index (χ0v) is 10.2. The van der Waals surface area contributed by atoms with Gasteiger partial charge in [0.05, 0.1) is 13.2 Å². The largest absolute Gasteiger partial charge is 0.493 e. The van der Waals surface area contributed by atoms with Gasteiger partial charge >= 0.3 is 0 Å². The van der Waals surface area contributed by atoms with Crippen LogP contribution in [-0.4, -0.2) is 11.7 Å². The third kappa shape index (κ3) is 4.06. The molecule has 0 saturated carbocycles. The van der Waals surface area contributed by atoms with Crippen molar-refractivity contribution in [3.8, 4) is 5.75 Å². The molecule has 0 bridgehead atoms. The lowest BCUT2D eigenvalue weighted by Crippen LogP contribution is -1.99. The lowest BCUT2D eigenvalue weighted by Gasteiger charge is -2.09. The molecule has 1 aromatic rings. The van der Waals surface area contributed by atoms with E-state index >= 15 is 0 Å². The zero-order chi connectivity index (χ0) is 11.1. The van der Waals surface area contributed by atoms with Gasteiger partial charge in [-0.1, -0.05) is 22.0 Å². The number of allylic oxidation sites excluding steroid dienone is 1. The van der Waals surface area contributed by atoms with Crippen LogP contribution in [0.15, 0.2) is 35.3 Å². The number of aliphatic hydroxyl groups excluding tert-OH is 1. The van der Waals surface area contributed by atoms with Gasteiger partial charge in [0.2, 0.25) is 0 Å².